The third kappa shape index (κ3) is 4.16. The lowest BCUT2D eigenvalue weighted by Crippen LogP contribution is -2.09. The van der Waals surface area contributed by atoms with Crippen LogP contribution >= 0.6 is 0 Å². The Morgan fingerprint density at radius 3 is 2.06 bits per heavy atom. The number of aliphatic carboxylic acids is 1. The fourth-order valence-corrected chi connectivity index (χ4v) is 2.26. The molecule has 17 heavy (non-hydrogen) atoms. The van der Waals surface area contributed by atoms with Crippen LogP contribution in [-0.2, 0) is 27.1 Å². The Hall–Kier alpha value is -1.40. The van der Waals surface area contributed by atoms with E-state index in [1.807, 2.05) is 6.92 Å². The summed E-state index contributed by atoms with van der Waals surface area (Å²) in [7, 11) is -4.16. The van der Waals surface area contributed by atoms with Crippen LogP contribution in [0.25, 0.3) is 0 Å². The van der Waals surface area contributed by atoms with Crippen molar-refractivity contribution in [1.29, 1.82) is 0 Å². The van der Waals surface area contributed by atoms with Gasteiger partial charge in [0.2, 0.25) is 0 Å². The van der Waals surface area contributed by atoms with E-state index >= 15 is 0 Å². The van der Waals surface area contributed by atoms with E-state index in [0.717, 1.165) is 11.1 Å². The highest BCUT2D eigenvalue weighted by molar-refractivity contribution is 7.85. The maximum Gasteiger partial charge on any atom is 0.307 e. The lowest BCUT2D eigenvalue weighted by atomic mass is 9.99. The van der Waals surface area contributed by atoms with Crippen molar-refractivity contribution in [2.24, 2.45) is 0 Å². The number of hydrogen-bond donors (Lipinski definition) is 2. The minimum absolute atomic E-state index is 0.258. The molecule has 0 amide bonds. The standard InChI is InChI=1S/C11H14O5S/c1-7-3-9(5-11(12)13)10(4-8(7)2)6-17(14,15)16/h3-4H,5-6H2,1-2H3,(H,12,13)(H,14,15,16). The molecule has 0 heterocycles. The van der Waals surface area contributed by atoms with Gasteiger partial charge in [-0.1, -0.05) is 12.1 Å². The van der Waals surface area contributed by atoms with Crippen molar-refractivity contribution in [1.82, 2.24) is 0 Å². The van der Waals surface area contributed by atoms with Gasteiger partial charge in [0, 0.05) is 0 Å². The molecule has 0 radical (unpaired) electrons. The fourth-order valence-electron chi connectivity index (χ4n) is 1.59. The molecular weight excluding hydrogens is 244 g/mol. The zero-order valence-electron chi connectivity index (χ0n) is 9.60. The van der Waals surface area contributed by atoms with Crippen LogP contribution in [0.15, 0.2) is 12.1 Å². The van der Waals surface area contributed by atoms with Gasteiger partial charge in [0.1, 0.15) is 5.75 Å². The molecule has 1 rings (SSSR count). The van der Waals surface area contributed by atoms with Crippen molar-refractivity contribution < 1.29 is 22.9 Å². The fraction of sp³-hybridized carbons (Fsp3) is 0.364. The van der Waals surface area contributed by atoms with Gasteiger partial charge in [-0.3, -0.25) is 9.35 Å². The summed E-state index contributed by atoms with van der Waals surface area (Å²) in [6, 6.07) is 3.24. The first-order valence-corrected chi connectivity index (χ1v) is 6.56. The molecule has 0 atom stereocenters. The number of carbonyl (C=O) groups is 1. The van der Waals surface area contributed by atoms with Crippen molar-refractivity contribution in [3.8, 4) is 0 Å². The van der Waals surface area contributed by atoms with Crippen molar-refractivity contribution >= 4 is 16.1 Å². The second kappa shape index (κ2) is 4.85. The minimum Gasteiger partial charge on any atom is -0.481 e. The molecule has 0 saturated carbocycles. The molecule has 0 fully saturated rings. The first-order valence-electron chi connectivity index (χ1n) is 4.95. The maximum atomic E-state index is 10.8. The molecule has 2 N–H and O–H groups in total. The van der Waals surface area contributed by atoms with Gasteiger partial charge < -0.3 is 5.11 Å². The van der Waals surface area contributed by atoms with Crippen LogP contribution in [0.4, 0.5) is 0 Å². The maximum absolute atomic E-state index is 10.8. The monoisotopic (exact) mass is 258 g/mol. The Labute approximate surface area is 99.8 Å². The largest absolute Gasteiger partial charge is 0.481 e. The molecule has 0 bridgehead atoms. The number of aryl methyl sites for hydroxylation is 2. The van der Waals surface area contributed by atoms with Crippen LogP contribution in [0.1, 0.15) is 22.3 Å². The van der Waals surface area contributed by atoms with Gasteiger partial charge in [-0.05, 0) is 36.1 Å². The Morgan fingerprint density at radius 2 is 1.65 bits per heavy atom. The molecule has 94 valence electrons. The first kappa shape index (κ1) is 13.7. The molecule has 0 unspecified atom stereocenters. The van der Waals surface area contributed by atoms with Crippen LogP contribution in [0.2, 0.25) is 0 Å². The summed E-state index contributed by atoms with van der Waals surface area (Å²) in [6.07, 6.45) is -0.258. The molecule has 5 nitrogen and oxygen atoms in total. The van der Waals surface area contributed by atoms with E-state index in [9.17, 15) is 13.2 Å². The van der Waals surface area contributed by atoms with E-state index in [0.29, 0.717) is 11.1 Å². The smallest absolute Gasteiger partial charge is 0.307 e. The molecule has 0 aliphatic rings. The van der Waals surface area contributed by atoms with Crippen molar-refractivity contribution in [2.45, 2.75) is 26.0 Å². The number of rotatable bonds is 4. The molecular formula is C11H14O5S. The summed E-state index contributed by atoms with van der Waals surface area (Å²) in [5.41, 5.74) is 2.49. The van der Waals surface area contributed by atoms with Crippen LogP contribution in [0.3, 0.4) is 0 Å². The summed E-state index contributed by atoms with van der Waals surface area (Å²) in [5, 5.41) is 8.74. The number of carboxylic acid groups (broad SMARTS) is 1. The number of benzene rings is 1. The van der Waals surface area contributed by atoms with Crippen molar-refractivity contribution in [3.05, 3.63) is 34.4 Å². The van der Waals surface area contributed by atoms with Gasteiger partial charge in [-0.2, -0.15) is 8.42 Å². The van der Waals surface area contributed by atoms with Gasteiger partial charge >= 0.3 is 5.97 Å². The average molecular weight is 258 g/mol. The van der Waals surface area contributed by atoms with Gasteiger partial charge in [0.25, 0.3) is 10.1 Å². The average Bonchev–Trinajstić information content (AvgIpc) is 2.10. The Morgan fingerprint density at radius 1 is 1.18 bits per heavy atom. The van der Waals surface area contributed by atoms with E-state index in [1.54, 1.807) is 19.1 Å². The third-order valence-corrected chi connectivity index (χ3v) is 3.17. The molecule has 0 spiro atoms. The summed E-state index contributed by atoms with van der Waals surface area (Å²) in [5.74, 6) is -1.60. The molecule has 1 aromatic carbocycles. The van der Waals surface area contributed by atoms with Gasteiger partial charge in [-0.25, -0.2) is 0 Å². The first-order chi connectivity index (χ1) is 7.69. The zero-order valence-corrected chi connectivity index (χ0v) is 10.4. The van der Waals surface area contributed by atoms with Gasteiger partial charge in [0.15, 0.2) is 0 Å². The second-order valence-corrected chi connectivity index (χ2v) is 5.45. The van der Waals surface area contributed by atoms with Crippen LogP contribution in [-0.4, -0.2) is 24.0 Å². The molecule has 6 heteroatoms. The van der Waals surface area contributed by atoms with Crippen LogP contribution in [0, 0.1) is 13.8 Å². The van der Waals surface area contributed by atoms with E-state index in [-0.39, 0.29) is 6.42 Å². The predicted octanol–water partition coefficient (Wildman–Crippen LogP) is 1.32. The van der Waals surface area contributed by atoms with Crippen molar-refractivity contribution in [2.75, 3.05) is 0 Å². The van der Waals surface area contributed by atoms with E-state index in [1.165, 1.54) is 0 Å². The van der Waals surface area contributed by atoms with Gasteiger partial charge in [-0.15, -0.1) is 0 Å². The van der Waals surface area contributed by atoms with E-state index in [4.69, 9.17) is 9.66 Å². The third-order valence-electron chi connectivity index (χ3n) is 2.50. The van der Waals surface area contributed by atoms with E-state index in [2.05, 4.69) is 0 Å². The Bertz CT molecular complexity index is 545. The summed E-state index contributed by atoms with van der Waals surface area (Å²) in [6.45, 7) is 3.62. The normalized spacial score (nSPS) is 11.5. The second-order valence-electron chi connectivity index (χ2n) is 4.00. The molecule has 0 aromatic heterocycles. The SMILES string of the molecule is Cc1cc(CC(=O)O)c(CS(=O)(=O)O)cc1C. The van der Waals surface area contributed by atoms with E-state index < -0.39 is 21.8 Å². The highest BCUT2D eigenvalue weighted by Gasteiger charge is 2.14. The van der Waals surface area contributed by atoms with Crippen LogP contribution < -0.4 is 0 Å². The molecule has 0 aliphatic carbocycles. The zero-order chi connectivity index (χ0) is 13.2. The highest BCUT2D eigenvalue weighted by atomic mass is 32.2. The summed E-state index contributed by atoms with van der Waals surface area (Å²) in [4.78, 5) is 10.7. The number of carboxylic acids is 1. The molecule has 0 saturated heterocycles. The Kier molecular flexibility index (Phi) is 3.90. The lowest BCUT2D eigenvalue weighted by molar-refractivity contribution is -0.136. The van der Waals surface area contributed by atoms with Crippen molar-refractivity contribution in [3.63, 3.8) is 0 Å². The van der Waals surface area contributed by atoms with Gasteiger partial charge in [0.05, 0.1) is 6.42 Å². The topological polar surface area (TPSA) is 91.7 Å². The minimum atomic E-state index is -4.16. The summed E-state index contributed by atoms with van der Waals surface area (Å²) < 4.78 is 30.5. The lowest BCUT2D eigenvalue weighted by Gasteiger charge is -2.10. The summed E-state index contributed by atoms with van der Waals surface area (Å²) >= 11 is 0. The van der Waals surface area contributed by atoms with Crippen LogP contribution in [0.5, 0.6) is 0 Å². The number of hydrogen-bond acceptors (Lipinski definition) is 3. The quantitative estimate of drug-likeness (QED) is 0.795. The predicted molar refractivity (Wildman–Crippen MR) is 62.5 cm³/mol. The molecule has 1 aromatic rings. The molecule has 0 aliphatic heterocycles. The highest BCUT2D eigenvalue weighted by Crippen LogP contribution is 2.19. The Balaban J connectivity index is 3.25.